The van der Waals surface area contributed by atoms with Crippen LogP contribution in [0.15, 0.2) is 54.9 Å². The number of nitrogens with one attached hydrogen (secondary N) is 1. The summed E-state index contributed by atoms with van der Waals surface area (Å²) < 4.78 is 5.83. The fraction of sp³-hybridized carbons (Fsp3) is 0.389. The zero-order valence-electron chi connectivity index (χ0n) is 12.2. The first kappa shape index (κ1) is 14.2. The van der Waals surface area contributed by atoms with Gasteiger partial charge in [0.15, 0.2) is 0 Å². The third-order valence-corrected chi connectivity index (χ3v) is 4.00. The van der Waals surface area contributed by atoms with Gasteiger partial charge in [0.2, 0.25) is 0 Å². The number of pyridine rings is 1. The van der Waals surface area contributed by atoms with Crippen LogP contribution in [0.3, 0.4) is 0 Å². The van der Waals surface area contributed by atoms with Gasteiger partial charge in [-0.15, -0.1) is 0 Å². The van der Waals surface area contributed by atoms with E-state index in [0.29, 0.717) is 6.10 Å². The number of hydrogen-bond donors (Lipinski definition) is 1. The zero-order chi connectivity index (χ0) is 14.3. The van der Waals surface area contributed by atoms with Crippen molar-refractivity contribution in [3.8, 4) is 0 Å². The van der Waals surface area contributed by atoms with Gasteiger partial charge in [0.05, 0.1) is 12.1 Å². The standard InChI is InChI=1S/C18H22N2O/c1-2-6-15(7-3-1)18(16-9-11-19-12-10-16)20-14-17-8-4-5-13-21-17/h1-3,6-7,9-12,17-18,20H,4-5,8,13-14H2/t17-,18-/m0/s1. The van der Waals surface area contributed by atoms with Crippen LogP contribution in [0.1, 0.15) is 36.4 Å². The van der Waals surface area contributed by atoms with E-state index < -0.39 is 0 Å². The first-order valence-electron chi connectivity index (χ1n) is 7.73. The molecule has 3 heteroatoms. The Balaban J connectivity index is 1.73. The van der Waals surface area contributed by atoms with Crippen LogP contribution >= 0.6 is 0 Å². The van der Waals surface area contributed by atoms with Crippen LogP contribution < -0.4 is 5.32 Å². The minimum atomic E-state index is 0.194. The zero-order valence-corrected chi connectivity index (χ0v) is 12.2. The summed E-state index contributed by atoms with van der Waals surface area (Å²) in [4.78, 5) is 4.12. The predicted octanol–water partition coefficient (Wildman–Crippen LogP) is 3.33. The summed E-state index contributed by atoms with van der Waals surface area (Å²) in [7, 11) is 0. The fourth-order valence-corrected chi connectivity index (χ4v) is 2.85. The Morgan fingerprint density at radius 1 is 1.05 bits per heavy atom. The van der Waals surface area contributed by atoms with Gasteiger partial charge in [0, 0.05) is 25.5 Å². The van der Waals surface area contributed by atoms with Crippen molar-refractivity contribution in [1.82, 2.24) is 10.3 Å². The number of nitrogens with zero attached hydrogens (tertiary/aromatic N) is 1. The highest BCUT2D eigenvalue weighted by atomic mass is 16.5. The average Bonchev–Trinajstić information content (AvgIpc) is 2.58. The fourth-order valence-electron chi connectivity index (χ4n) is 2.85. The second-order valence-electron chi connectivity index (χ2n) is 5.52. The molecule has 1 fully saturated rings. The maximum absolute atomic E-state index is 5.83. The highest BCUT2D eigenvalue weighted by Crippen LogP contribution is 2.22. The van der Waals surface area contributed by atoms with Crippen molar-refractivity contribution in [2.45, 2.75) is 31.4 Å². The van der Waals surface area contributed by atoms with E-state index in [1.807, 2.05) is 12.4 Å². The van der Waals surface area contributed by atoms with Gasteiger partial charge in [0.1, 0.15) is 0 Å². The Bertz CT molecular complexity index is 484. The second-order valence-corrected chi connectivity index (χ2v) is 5.52. The van der Waals surface area contributed by atoms with Gasteiger partial charge >= 0.3 is 0 Å². The van der Waals surface area contributed by atoms with Crippen molar-refractivity contribution in [3.63, 3.8) is 0 Å². The van der Waals surface area contributed by atoms with Gasteiger partial charge in [-0.05, 0) is 42.5 Å². The van der Waals surface area contributed by atoms with Crippen LogP contribution in [0.2, 0.25) is 0 Å². The Kier molecular flexibility index (Phi) is 4.98. The number of hydrogen-bond acceptors (Lipinski definition) is 3. The van der Waals surface area contributed by atoms with Gasteiger partial charge in [-0.3, -0.25) is 4.98 Å². The number of benzene rings is 1. The summed E-state index contributed by atoms with van der Waals surface area (Å²) in [6.45, 7) is 1.79. The van der Waals surface area contributed by atoms with Crippen molar-refractivity contribution < 1.29 is 4.74 Å². The molecular formula is C18H22N2O. The van der Waals surface area contributed by atoms with Crippen LogP contribution in [0.25, 0.3) is 0 Å². The maximum atomic E-state index is 5.83. The molecule has 0 saturated carbocycles. The summed E-state index contributed by atoms with van der Waals surface area (Å²) in [6.07, 6.45) is 7.67. The molecule has 0 unspecified atom stereocenters. The lowest BCUT2D eigenvalue weighted by Gasteiger charge is -2.26. The van der Waals surface area contributed by atoms with Crippen LogP contribution in [-0.2, 0) is 4.74 Å². The summed E-state index contributed by atoms with van der Waals surface area (Å²) in [5, 5.41) is 3.67. The van der Waals surface area contributed by atoms with Crippen molar-refractivity contribution in [3.05, 3.63) is 66.0 Å². The highest BCUT2D eigenvalue weighted by Gasteiger charge is 2.18. The van der Waals surface area contributed by atoms with E-state index in [4.69, 9.17) is 4.74 Å². The molecule has 0 bridgehead atoms. The summed E-state index contributed by atoms with van der Waals surface area (Å²) in [5.41, 5.74) is 2.52. The number of ether oxygens (including phenoxy) is 1. The Labute approximate surface area is 126 Å². The van der Waals surface area contributed by atoms with E-state index in [-0.39, 0.29) is 6.04 Å². The molecule has 0 spiro atoms. The summed E-state index contributed by atoms with van der Waals surface area (Å²) in [6, 6.07) is 14.9. The molecule has 1 aliphatic rings. The minimum absolute atomic E-state index is 0.194. The number of rotatable bonds is 5. The highest BCUT2D eigenvalue weighted by molar-refractivity contribution is 5.30. The molecule has 3 nitrogen and oxygen atoms in total. The van der Waals surface area contributed by atoms with Crippen LogP contribution in [0.5, 0.6) is 0 Å². The second kappa shape index (κ2) is 7.34. The van der Waals surface area contributed by atoms with Crippen LogP contribution in [0, 0.1) is 0 Å². The van der Waals surface area contributed by atoms with Crippen LogP contribution in [0.4, 0.5) is 0 Å². The van der Waals surface area contributed by atoms with Gasteiger partial charge in [-0.1, -0.05) is 30.3 Å². The lowest BCUT2D eigenvalue weighted by Crippen LogP contribution is -2.34. The molecule has 2 aromatic rings. The SMILES string of the molecule is c1ccc([C@H](NC[C@@H]2CCCCO2)c2ccncc2)cc1. The van der Waals surface area contributed by atoms with Gasteiger partial charge in [-0.25, -0.2) is 0 Å². The third kappa shape index (κ3) is 3.90. The molecule has 110 valence electrons. The smallest absolute Gasteiger partial charge is 0.0699 e. The lowest BCUT2D eigenvalue weighted by molar-refractivity contribution is 0.0159. The molecule has 0 amide bonds. The Morgan fingerprint density at radius 2 is 1.81 bits per heavy atom. The van der Waals surface area contributed by atoms with Crippen molar-refractivity contribution >= 4 is 0 Å². The summed E-state index contributed by atoms with van der Waals surface area (Å²) in [5.74, 6) is 0. The van der Waals surface area contributed by atoms with E-state index in [1.165, 1.54) is 24.0 Å². The Morgan fingerprint density at radius 3 is 2.52 bits per heavy atom. The van der Waals surface area contributed by atoms with E-state index in [1.54, 1.807) is 0 Å². The third-order valence-electron chi connectivity index (χ3n) is 4.00. The first-order valence-corrected chi connectivity index (χ1v) is 7.73. The largest absolute Gasteiger partial charge is 0.377 e. The van der Waals surface area contributed by atoms with E-state index in [0.717, 1.165) is 19.6 Å². The molecule has 2 atom stereocenters. The quantitative estimate of drug-likeness (QED) is 0.913. The molecule has 0 aliphatic carbocycles. The molecule has 2 heterocycles. The molecule has 0 radical (unpaired) electrons. The van der Waals surface area contributed by atoms with Gasteiger partial charge in [0.25, 0.3) is 0 Å². The molecule has 1 aromatic carbocycles. The molecule has 1 aliphatic heterocycles. The monoisotopic (exact) mass is 282 g/mol. The van der Waals surface area contributed by atoms with Crippen molar-refractivity contribution in [2.24, 2.45) is 0 Å². The van der Waals surface area contributed by atoms with E-state index >= 15 is 0 Å². The summed E-state index contributed by atoms with van der Waals surface area (Å²) >= 11 is 0. The van der Waals surface area contributed by atoms with E-state index in [2.05, 4.69) is 52.8 Å². The average molecular weight is 282 g/mol. The minimum Gasteiger partial charge on any atom is -0.377 e. The molecule has 1 aromatic heterocycles. The first-order chi connectivity index (χ1) is 10.4. The van der Waals surface area contributed by atoms with Gasteiger partial charge < -0.3 is 10.1 Å². The molecule has 1 N–H and O–H groups in total. The van der Waals surface area contributed by atoms with Crippen molar-refractivity contribution in [1.29, 1.82) is 0 Å². The van der Waals surface area contributed by atoms with Crippen LogP contribution in [-0.4, -0.2) is 24.2 Å². The maximum Gasteiger partial charge on any atom is 0.0699 e. The van der Waals surface area contributed by atoms with Gasteiger partial charge in [-0.2, -0.15) is 0 Å². The Hall–Kier alpha value is -1.71. The normalized spacial score (nSPS) is 20.1. The molecule has 3 rings (SSSR count). The lowest BCUT2D eigenvalue weighted by atomic mass is 9.99. The molecule has 1 saturated heterocycles. The molecule has 21 heavy (non-hydrogen) atoms. The molecular weight excluding hydrogens is 260 g/mol. The van der Waals surface area contributed by atoms with Crippen molar-refractivity contribution in [2.75, 3.05) is 13.2 Å². The predicted molar refractivity (Wildman–Crippen MR) is 84.1 cm³/mol. The van der Waals surface area contributed by atoms with E-state index in [9.17, 15) is 0 Å². The topological polar surface area (TPSA) is 34.1 Å². The number of aromatic nitrogens is 1.